The molecule has 0 spiro atoms. The molecule has 0 N–H and O–H groups in total. The van der Waals surface area contributed by atoms with E-state index in [1.165, 1.54) is 51.4 Å². The van der Waals surface area contributed by atoms with Crippen molar-refractivity contribution in [2.45, 2.75) is 63.5 Å². The van der Waals surface area contributed by atoms with Gasteiger partial charge in [-0.05, 0) is 0 Å². The summed E-state index contributed by atoms with van der Waals surface area (Å²) >= 11 is 0. The Hall–Kier alpha value is 0.557. The quantitative estimate of drug-likeness (QED) is 0.513. The second-order valence-electron chi connectivity index (χ2n) is 4.03. The molecule has 0 aromatic rings. The van der Waals surface area contributed by atoms with Crippen molar-refractivity contribution in [3.63, 3.8) is 0 Å². The summed E-state index contributed by atoms with van der Waals surface area (Å²) in [7, 11) is 0. The second kappa shape index (κ2) is 5.32. The Balaban J connectivity index is 0.000000720. The monoisotopic (exact) mass is 159 g/mol. The van der Waals surface area contributed by atoms with Crippen LogP contribution in [0.15, 0.2) is 0 Å². The molecular weight excluding hydrogens is 141 g/mol. The summed E-state index contributed by atoms with van der Waals surface area (Å²) in [6.45, 7) is 0. The predicted octanol–water partition coefficient (Wildman–Crippen LogP) is 0.249. The number of hydrogen-bond donors (Lipinski definition) is 0. The molecule has 0 unspecified atom stereocenters. The number of nitrogens with zero attached hydrogens (tertiary/aromatic N) is 1. The fraction of sp³-hybridized carbons (Fsp3) is 1.00. The minimum atomic E-state index is 0. The maximum Gasteiger partial charge on any atom is 1.00 e. The minimum absolute atomic E-state index is 0. The molecule has 0 atom stereocenters. The van der Waals surface area contributed by atoms with Gasteiger partial charge in [-0.1, -0.05) is 51.4 Å². The van der Waals surface area contributed by atoms with Crippen LogP contribution >= 0.6 is 0 Å². The van der Waals surface area contributed by atoms with Gasteiger partial charge in [-0.2, -0.15) is 0 Å². The summed E-state index contributed by atoms with van der Waals surface area (Å²) in [5.41, 5.74) is 0. The Labute approximate surface area is 87.9 Å². The van der Waals surface area contributed by atoms with Crippen molar-refractivity contribution in [1.82, 2.24) is 0 Å². The van der Waals surface area contributed by atoms with Gasteiger partial charge in [0.25, 0.3) is 0 Å². The molecule has 2 aliphatic carbocycles. The standard InChI is InChI=1S/C10H18N.Li/c1-2-6-9(5-1)11-10-7-3-4-8-10;/h9-10H,1-8H2;/q-1;+1. The van der Waals surface area contributed by atoms with E-state index in [4.69, 9.17) is 5.32 Å². The molecule has 2 rings (SSSR count). The predicted molar refractivity (Wildman–Crippen MR) is 47.9 cm³/mol. The zero-order chi connectivity index (χ0) is 7.52. The number of hydrogen-bond acceptors (Lipinski definition) is 0. The molecule has 2 saturated carbocycles. The van der Waals surface area contributed by atoms with Gasteiger partial charge in [-0.15, -0.1) is 12.1 Å². The van der Waals surface area contributed by atoms with Gasteiger partial charge >= 0.3 is 18.9 Å². The molecule has 0 aromatic heterocycles. The summed E-state index contributed by atoms with van der Waals surface area (Å²) in [5.74, 6) is 0. The Kier molecular flexibility index (Phi) is 4.72. The molecule has 0 heterocycles. The molecule has 2 fully saturated rings. The van der Waals surface area contributed by atoms with Crippen LogP contribution in [0.3, 0.4) is 0 Å². The van der Waals surface area contributed by atoms with Crippen molar-refractivity contribution >= 4 is 0 Å². The van der Waals surface area contributed by atoms with E-state index in [9.17, 15) is 0 Å². The second-order valence-corrected chi connectivity index (χ2v) is 4.03. The molecule has 64 valence electrons. The largest absolute Gasteiger partial charge is 1.00 e. The zero-order valence-electron chi connectivity index (χ0n) is 8.26. The van der Waals surface area contributed by atoms with Gasteiger partial charge in [0.1, 0.15) is 0 Å². The third kappa shape index (κ3) is 2.80. The van der Waals surface area contributed by atoms with Gasteiger partial charge in [-0.25, -0.2) is 0 Å². The maximum absolute atomic E-state index is 4.88. The molecule has 0 radical (unpaired) electrons. The van der Waals surface area contributed by atoms with Crippen LogP contribution in [-0.2, 0) is 0 Å². The van der Waals surface area contributed by atoms with Crippen molar-refractivity contribution in [2.75, 3.05) is 0 Å². The van der Waals surface area contributed by atoms with Crippen molar-refractivity contribution < 1.29 is 18.9 Å². The van der Waals surface area contributed by atoms with E-state index >= 15 is 0 Å². The Bertz CT molecular complexity index is 101. The van der Waals surface area contributed by atoms with Crippen molar-refractivity contribution in [2.24, 2.45) is 0 Å². The van der Waals surface area contributed by atoms with Gasteiger partial charge in [0.05, 0.1) is 0 Å². The van der Waals surface area contributed by atoms with Gasteiger partial charge in [-0.3, -0.25) is 0 Å². The molecule has 0 aromatic carbocycles. The fourth-order valence-corrected chi connectivity index (χ4v) is 2.40. The SMILES string of the molecule is C1CCC([N-]C2CCCC2)C1.[Li+]. The first-order valence-corrected chi connectivity index (χ1v) is 5.15. The molecule has 2 heteroatoms. The van der Waals surface area contributed by atoms with Crippen molar-refractivity contribution in [3.05, 3.63) is 5.32 Å². The van der Waals surface area contributed by atoms with E-state index < -0.39 is 0 Å². The van der Waals surface area contributed by atoms with E-state index in [2.05, 4.69) is 0 Å². The third-order valence-electron chi connectivity index (χ3n) is 3.07. The molecule has 12 heavy (non-hydrogen) atoms. The molecule has 0 amide bonds. The van der Waals surface area contributed by atoms with Crippen molar-refractivity contribution in [3.8, 4) is 0 Å². The van der Waals surface area contributed by atoms with E-state index in [1.54, 1.807) is 0 Å². The third-order valence-corrected chi connectivity index (χ3v) is 3.07. The van der Waals surface area contributed by atoms with Crippen LogP contribution in [0.2, 0.25) is 0 Å². The topological polar surface area (TPSA) is 14.1 Å². The number of rotatable bonds is 2. The average molecular weight is 159 g/mol. The Morgan fingerprint density at radius 3 is 1.33 bits per heavy atom. The zero-order valence-corrected chi connectivity index (χ0v) is 8.26. The summed E-state index contributed by atoms with van der Waals surface area (Å²) in [5, 5.41) is 4.88. The summed E-state index contributed by atoms with van der Waals surface area (Å²) in [6, 6.07) is 1.52. The van der Waals surface area contributed by atoms with E-state index in [1.807, 2.05) is 0 Å². The van der Waals surface area contributed by atoms with E-state index in [0.29, 0.717) is 0 Å². The molecular formula is C10H18LiN. The first-order valence-electron chi connectivity index (χ1n) is 5.15. The van der Waals surface area contributed by atoms with Crippen LogP contribution < -0.4 is 18.9 Å². The van der Waals surface area contributed by atoms with Gasteiger partial charge < -0.3 is 5.32 Å². The molecule has 0 bridgehead atoms. The maximum atomic E-state index is 4.88. The molecule has 0 aliphatic heterocycles. The first-order chi connectivity index (χ1) is 5.45. The summed E-state index contributed by atoms with van der Waals surface area (Å²) < 4.78 is 0. The molecule has 1 nitrogen and oxygen atoms in total. The van der Waals surface area contributed by atoms with Crippen LogP contribution in [-0.4, -0.2) is 12.1 Å². The Morgan fingerprint density at radius 1 is 0.667 bits per heavy atom. The van der Waals surface area contributed by atoms with Crippen LogP contribution in [0.25, 0.3) is 5.32 Å². The van der Waals surface area contributed by atoms with E-state index in [-0.39, 0.29) is 18.9 Å². The van der Waals surface area contributed by atoms with Crippen LogP contribution in [0.1, 0.15) is 51.4 Å². The van der Waals surface area contributed by atoms with Crippen LogP contribution in [0, 0.1) is 0 Å². The van der Waals surface area contributed by atoms with Gasteiger partial charge in [0, 0.05) is 0 Å². The fourth-order valence-electron chi connectivity index (χ4n) is 2.40. The van der Waals surface area contributed by atoms with Gasteiger partial charge in [0.15, 0.2) is 0 Å². The molecule has 0 saturated heterocycles. The first kappa shape index (κ1) is 10.6. The average Bonchev–Trinajstić information content (AvgIpc) is 2.60. The minimum Gasteiger partial charge on any atom is -0.657 e. The van der Waals surface area contributed by atoms with Gasteiger partial charge in [0.2, 0.25) is 0 Å². The van der Waals surface area contributed by atoms with Crippen molar-refractivity contribution in [1.29, 1.82) is 0 Å². The summed E-state index contributed by atoms with van der Waals surface area (Å²) in [4.78, 5) is 0. The van der Waals surface area contributed by atoms with Crippen LogP contribution in [0.4, 0.5) is 0 Å². The Morgan fingerprint density at radius 2 is 1.00 bits per heavy atom. The smallest absolute Gasteiger partial charge is 0.657 e. The van der Waals surface area contributed by atoms with Crippen LogP contribution in [0.5, 0.6) is 0 Å². The normalized spacial score (nSPS) is 26.0. The molecule has 2 aliphatic rings. The van der Waals surface area contributed by atoms with E-state index in [0.717, 1.165) is 12.1 Å². The summed E-state index contributed by atoms with van der Waals surface area (Å²) in [6.07, 6.45) is 11.3.